The second-order valence-corrected chi connectivity index (χ2v) is 9.28. The molecular formula is C24H30N4O7S. The number of carbonyl (C=O) groups is 4. The third-order valence-corrected chi connectivity index (χ3v) is 6.77. The molecule has 0 spiro atoms. The number of likely N-dealkylation sites (tertiary alicyclic amines) is 2. The summed E-state index contributed by atoms with van der Waals surface area (Å²) in [5, 5.41) is 20.2. The van der Waals surface area contributed by atoms with E-state index in [9.17, 15) is 9.59 Å². The van der Waals surface area contributed by atoms with E-state index in [1.807, 2.05) is 28.5 Å². The van der Waals surface area contributed by atoms with Crippen LogP contribution in [0.4, 0.5) is 0 Å². The first-order valence-corrected chi connectivity index (χ1v) is 12.6. The van der Waals surface area contributed by atoms with Crippen molar-refractivity contribution in [1.29, 1.82) is 0 Å². The van der Waals surface area contributed by atoms with Crippen molar-refractivity contribution in [3.8, 4) is 5.19 Å². The summed E-state index contributed by atoms with van der Waals surface area (Å²) in [4.78, 5) is 51.4. The van der Waals surface area contributed by atoms with E-state index in [0.717, 1.165) is 57.1 Å². The maximum Gasteiger partial charge on any atom is 0.414 e. The van der Waals surface area contributed by atoms with Crippen molar-refractivity contribution < 1.29 is 34.1 Å². The van der Waals surface area contributed by atoms with Crippen LogP contribution in [0, 0.1) is 0 Å². The van der Waals surface area contributed by atoms with E-state index < -0.39 is 11.9 Å². The molecule has 2 aliphatic rings. The van der Waals surface area contributed by atoms with E-state index in [2.05, 4.69) is 15.2 Å². The highest BCUT2D eigenvalue weighted by molar-refractivity contribution is 7.11. The lowest BCUT2D eigenvalue weighted by Crippen LogP contribution is -2.51. The molecule has 12 heteroatoms. The van der Waals surface area contributed by atoms with E-state index >= 15 is 0 Å². The fourth-order valence-electron chi connectivity index (χ4n) is 4.21. The number of nitrogens with one attached hydrogen (secondary N) is 1. The number of benzene rings is 1. The third kappa shape index (κ3) is 8.31. The molecule has 2 aliphatic heterocycles. The molecule has 2 fully saturated rings. The predicted molar refractivity (Wildman–Crippen MR) is 131 cm³/mol. The maximum absolute atomic E-state index is 12.5. The Morgan fingerprint density at radius 1 is 0.972 bits per heavy atom. The summed E-state index contributed by atoms with van der Waals surface area (Å²) in [6.07, 6.45) is 6.03. The van der Waals surface area contributed by atoms with Crippen LogP contribution >= 0.6 is 11.3 Å². The highest BCUT2D eigenvalue weighted by Gasteiger charge is 2.30. The van der Waals surface area contributed by atoms with Crippen molar-refractivity contribution in [2.75, 3.05) is 32.7 Å². The number of ether oxygens (including phenoxy) is 1. The molecule has 0 aliphatic carbocycles. The average molecular weight is 519 g/mol. The molecule has 11 nitrogen and oxygen atoms in total. The summed E-state index contributed by atoms with van der Waals surface area (Å²) in [6, 6.07) is 9.51. The number of amides is 2. The van der Waals surface area contributed by atoms with Crippen molar-refractivity contribution in [2.45, 2.75) is 37.8 Å². The van der Waals surface area contributed by atoms with Crippen molar-refractivity contribution in [2.24, 2.45) is 0 Å². The number of nitrogens with zero attached hydrogens (tertiary/aromatic N) is 3. The second kappa shape index (κ2) is 13.5. The summed E-state index contributed by atoms with van der Waals surface area (Å²) >= 11 is 1.54. The first-order valence-electron chi connectivity index (χ1n) is 11.7. The van der Waals surface area contributed by atoms with Crippen molar-refractivity contribution in [1.82, 2.24) is 20.1 Å². The normalized spacial score (nSPS) is 16.9. The summed E-state index contributed by atoms with van der Waals surface area (Å²) in [5.74, 6) is -3.86. The smallest absolute Gasteiger partial charge is 0.414 e. The number of rotatable bonds is 6. The van der Waals surface area contributed by atoms with Gasteiger partial charge in [-0.15, -0.1) is 0 Å². The Kier molecular flexibility index (Phi) is 10.2. The fraction of sp³-hybridized carbons (Fsp3) is 0.458. The number of hydrogen-bond donors (Lipinski definition) is 3. The van der Waals surface area contributed by atoms with Gasteiger partial charge in [-0.05, 0) is 37.8 Å². The standard InChI is InChI=1S/C22H28N4O3S.C2H2O4/c27-20(16-24-21(28)17-4-2-1-3-5-17)26-11-6-18(7-12-26)25-13-8-19(9-14-25)29-22-23-10-15-30-22;3-1(4)2(5)6/h1-5,10,15,18-19H,6-9,11-14,16H2,(H,24,28);(H,3,4)(H,5,6). The van der Waals surface area contributed by atoms with Crippen molar-refractivity contribution in [3.63, 3.8) is 0 Å². The van der Waals surface area contributed by atoms with Crippen LogP contribution in [0.15, 0.2) is 41.9 Å². The van der Waals surface area contributed by atoms with Crippen LogP contribution in [-0.2, 0) is 14.4 Å². The van der Waals surface area contributed by atoms with Gasteiger partial charge >= 0.3 is 11.9 Å². The molecule has 194 valence electrons. The number of carboxylic acid groups (broad SMARTS) is 2. The Hall–Kier alpha value is -3.51. The molecule has 2 saturated heterocycles. The second-order valence-electron chi connectivity index (χ2n) is 8.42. The number of aliphatic carboxylic acids is 2. The summed E-state index contributed by atoms with van der Waals surface area (Å²) < 4.78 is 5.95. The minimum Gasteiger partial charge on any atom is -0.473 e. The number of carboxylic acids is 2. The Balaban J connectivity index is 0.000000538. The van der Waals surface area contributed by atoms with Crippen LogP contribution in [0.5, 0.6) is 5.19 Å². The average Bonchev–Trinajstić information content (AvgIpc) is 3.41. The molecule has 0 bridgehead atoms. The molecule has 1 aromatic heterocycles. The molecule has 0 radical (unpaired) electrons. The topological polar surface area (TPSA) is 149 Å². The quantitative estimate of drug-likeness (QED) is 0.484. The van der Waals surface area contributed by atoms with Gasteiger partial charge in [0, 0.05) is 49.4 Å². The lowest BCUT2D eigenvalue weighted by Gasteiger charge is -2.41. The van der Waals surface area contributed by atoms with Crippen molar-refractivity contribution in [3.05, 3.63) is 47.5 Å². The minimum absolute atomic E-state index is 0.00622. The van der Waals surface area contributed by atoms with E-state index in [0.29, 0.717) is 11.6 Å². The Morgan fingerprint density at radius 2 is 1.61 bits per heavy atom. The van der Waals surface area contributed by atoms with Gasteiger partial charge in [-0.25, -0.2) is 14.6 Å². The largest absolute Gasteiger partial charge is 0.473 e. The van der Waals surface area contributed by atoms with E-state index in [4.69, 9.17) is 24.5 Å². The minimum atomic E-state index is -1.82. The molecule has 3 heterocycles. The van der Waals surface area contributed by atoms with Gasteiger partial charge in [-0.3, -0.25) is 14.5 Å². The predicted octanol–water partition coefficient (Wildman–Crippen LogP) is 1.56. The molecule has 36 heavy (non-hydrogen) atoms. The van der Waals surface area contributed by atoms with Crippen LogP contribution < -0.4 is 10.1 Å². The molecule has 1 aromatic carbocycles. The lowest BCUT2D eigenvalue weighted by molar-refractivity contribution is -0.159. The van der Waals surface area contributed by atoms with E-state index in [1.165, 1.54) is 0 Å². The number of carbonyl (C=O) groups excluding carboxylic acids is 2. The van der Waals surface area contributed by atoms with Crippen LogP contribution in [0.1, 0.15) is 36.0 Å². The fourth-order valence-corrected chi connectivity index (χ4v) is 4.76. The molecule has 2 aromatic rings. The van der Waals surface area contributed by atoms with Crippen molar-refractivity contribution >= 4 is 35.1 Å². The molecule has 0 saturated carbocycles. The zero-order valence-corrected chi connectivity index (χ0v) is 20.6. The first kappa shape index (κ1) is 27.1. The maximum atomic E-state index is 12.5. The number of aromatic nitrogens is 1. The zero-order chi connectivity index (χ0) is 25.9. The SMILES string of the molecule is O=C(NCC(=O)N1CCC(N2CCC(Oc3nccs3)CC2)CC1)c1ccccc1.O=C(O)C(=O)O. The molecular weight excluding hydrogens is 488 g/mol. The summed E-state index contributed by atoms with van der Waals surface area (Å²) in [6.45, 7) is 3.61. The first-order chi connectivity index (χ1) is 17.3. The lowest BCUT2D eigenvalue weighted by atomic mass is 9.99. The summed E-state index contributed by atoms with van der Waals surface area (Å²) in [5.41, 5.74) is 0.575. The zero-order valence-electron chi connectivity index (χ0n) is 19.7. The van der Waals surface area contributed by atoms with Gasteiger partial charge in [0.05, 0.1) is 6.54 Å². The number of hydrogen-bond acceptors (Lipinski definition) is 8. The van der Waals surface area contributed by atoms with Crippen LogP contribution in [0.2, 0.25) is 0 Å². The molecule has 0 atom stereocenters. The van der Waals surface area contributed by atoms with Crippen LogP contribution in [0.3, 0.4) is 0 Å². The Morgan fingerprint density at radius 3 is 2.17 bits per heavy atom. The molecule has 0 unspecified atom stereocenters. The Bertz CT molecular complexity index is 991. The van der Waals surface area contributed by atoms with Gasteiger partial charge in [0.15, 0.2) is 0 Å². The van der Waals surface area contributed by atoms with Gasteiger partial charge in [0.2, 0.25) is 5.91 Å². The number of piperidine rings is 2. The van der Waals surface area contributed by atoms with Crippen LogP contribution in [0.25, 0.3) is 0 Å². The summed E-state index contributed by atoms with van der Waals surface area (Å²) in [7, 11) is 0. The molecule has 2 amide bonds. The van der Waals surface area contributed by atoms with Gasteiger partial charge in [0.1, 0.15) is 6.10 Å². The van der Waals surface area contributed by atoms with E-state index in [-0.39, 0.29) is 24.5 Å². The van der Waals surface area contributed by atoms with Gasteiger partial charge in [-0.1, -0.05) is 29.5 Å². The van der Waals surface area contributed by atoms with E-state index in [1.54, 1.807) is 29.7 Å². The third-order valence-electron chi connectivity index (χ3n) is 6.11. The Labute approximate surface area is 212 Å². The van der Waals surface area contributed by atoms with Gasteiger partial charge < -0.3 is 25.2 Å². The highest BCUT2D eigenvalue weighted by Crippen LogP contribution is 2.24. The monoisotopic (exact) mass is 518 g/mol. The highest BCUT2D eigenvalue weighted by atomic mass is 32.1. The molecule has 4 rings (SSSR count). The number of thiazole rings is 1. The van der Waals surface area contributed by atoms with Gasteiger partial charge in [0.25, 0.3) is 11.1 Å². The molecule has 3 N–H and O–H groups in total. The van der Waals surface area contributed by atoms with Crippen LogP contribution in [-0.4, -0.2) is 93.6 Å². The van der Waals surface area contributed by atoms with Gasteiger partial charge in [-0.2, -0.15) is 0 Å².